The van der Waals surface area contributed by atoms with Crippen molar-refractivity contribution in [3.8, 4) is 0 Å². The third kappa shape index (κ3) is 5.24. The molecule has 2 aromatic heterocycles. The van der Waals surface area contributed by atoms with Gasteiger partial charge in [-0.25, -0.2) is 0 Å². The molecule has 1 atom stereocenters. The van der Waals surface area contributed by atoms with E-state index >= 15 is 0 Å². The Morgan fingerprint density at radius 3 is 1.77 bits per heavy atom. The van der Waals surface area contributed by atoms with E-state index in [0.29, 0.717) is 5.92 Å². The van der Waals surface area contributed by atoms with Crippen LogP contribution in [0.25, 0.3) is 0 Å². The predicted octanol–water partition coefficient (Wildman–Crippen LogP) is 4.90. The molecular weight excluding hydrogens is 318 g/mol. The van der Waals surface area contributed by atoms with Crippen LogP contribution >= 0.6 is 0 Å². The van der Waals surface area contributed by atoms with E-state index in [1.807, 2.05) is 26.0 Å². The molecule has 0 aliphatic rings. The maximum atomic E-state index is 4.69. The fourth-order valence-electron chi connectivity index (χ4n) is 3.29. The lowest BCUT2D eigenvalue weighted by atomic mass is 10.0. The van der Waals surface area contributed by atoms with Crippen molar-refractivity contribution in [2.24, 2.45) is 0 Å². The van der Waals surface area contributed by atoms with Gasteiger partial charge >= 0.3 is 0 Å². The molecule has 0 aliphatic carbocycles. The molecule has 2 heterocycles. The maximum Gasteiger partial charge on any atom is 0.0547 e. The van der Waals surface area contributed by atoms with E-state index in [4.69, 9.17) is 9.97 Å². The second-order valence-corrected chi connectivity index (χ2v) is 7.02. The molecule has 3 rings (SSSR count). The van der Waals surface area contributed by atoms with Crippen LogP contribution in [0.15, 0.2) is 66.7 Å². The first kappa shape index (κ1) is 18.3. The Bertz CT molecular complexity index is 782. The van der Waals surface area contributed by atoms with Crippen LogP contribution in [0.3, 0.4) is 0 Å². The highest BCUT2D eigenvalue weighted by molar-refractivity contribution is 5.19. The first-order chi connectivity index (χ1) is 12.6. The molecule has 0 saturated heterocycles. The summed E-state index contributed by atoms with van der Waals surface area (Å²) >= 11 is 0. The summed E-state index contributed by atoms with van der Waals surface area (Å²) in [6.07, 6.45) is 0. The lowest BCUT2D eigenvalue weighted by Crippen LogP contribution is -2.28. The number of hydrogen-bond donors (Lipinski definition) is 0. The minimum atomic E-state index is 0.450. The lowest BCUT2D eigenvalue weighted by Gasteiger charge is -2.25. The number of aryl methyl sites for hydroxylation is 2. The largest absolute Gasteiger partial charge is 0.291 e. The van der Waals surface area contributed by atoms with Gasteiger partial charge in [0, 0.05) is 31.0 Å². The van der Waals surface area contributed by atoms with Crippen molar-refractivity contribution >= 4 is 0 Å². The van der Waals surface area contributed by atoms with E-state index in [0.717, 1.165) is 42.4 Å². The molecule has 26 heavy (non-hydrogen) atoms. The highest BCUT2D eigenvalue weighted by Gasteiger charge is 2.14. The first-order valence-corrected chi connectivity index (χ1v) is 9.22. The van der Waals surface area contributed by atoms with Gasteiger partial charge in [-0.2, -0.15) is 0 Å². The van der Waals surface area contributed by atoms with Crippen molar-refractivity contribution in [1.82, 2.24) is 14.9 Å². The third-order valence-electron chi connectivity index (χ3n) is 4.56. The van der Waals surface area contributed by atoms with Crippen LogP contribution in [0.1, 0.15) is 41.2 Å². The van der Waals surface area contributed by atoms with Crippen LogP contribution in [0.5, 0.6) is 0 Å². The van der Waals surface area contributed by atoms with Gasteiger partial charge in [0.1, 0.15) is 0 Å². The molecule has 0 saturated carbocycles. The van der Waals surface area contributed by atoms with Crippen molar-refractivity contribution in [3.05, 3.63) is 95.1 Å². The Hall–Kier alpha value is -2.52. The normalized spacial score (nSPS) is 12.3. The topological polar surface area (TPSA) is 29.0 Å². The Morgan fingerprint density at radius 1 is 0.731 bits per heavy atom. The highest BCUT2D eigenvalue weighted by atomic mass is 15.1. The van der Waals surface area contributed by atoms with Crippen molar-refractivity contribution in [3.63, 3.8) is 0 Å². The van der Waals surface area contributed by atoms with Gasteiger partial charge in [0.15, 0.2) is 0 Å². The SMILES string of the molecule is Cc1cccc(CN(Cc2cccc(C)n2)CC(C)c2ccccc2)n1. The summed E-state index contributed by atoms with van der Waals surface area (Å²) < 4.78 is 0. The Morgan fingerprint density at radius 2 is 1.27 bits per heavy atom. The van der Waals surface area contributed by atoms with Crippen LogP contribution in [0.2, 0.25) is 0 Å². The molecule has 0 aliphatic heterocycles. The molecular formula is C23H27N3. The maximum absolute atomic E-state index is 4.69. The van der Waals surface area contributed by atoms with Gasteiger partial charge in [0.25, 0.3) is 0 Å². The molecule has 0 amide bonds. The van der Waals surface area contributed by atoms with E-state index in [1.165, 1.54) is 5.56 Å². The van der Waals surface area contributed by atoms with Gasteiger partial charge in [0.05, 0.1) is 11.4 Å². The number of aromatic nitrogens is 2. The minimum absolute atomic E-state index is 0.450. The van der Waals surface area contributed by atoms with E-state index in [-0.39, 0.29) is 0 Å². The van der Waals surface area contributed by atoms with Crippen LogP contribution in [0.4, 0.5) is 0 Å². The smallest absolute Gasteiger partial charge is 0.0547 e. The average Bonchev–Trinajstić information content (AvgIpc) is 2.62. The molecule has 3 nitrogen and oxygen atoms in total. The van der Waals surface area contributed by atoms with Gasteiger partial charge < -0.3 is 0 Å². The summed E-state index contributed by atoms with van der Waals surface area (Å²) in [7, 11) is 0. The van der Waals surface area contributed by atoms with Crippen molar-refractivity contribution < 1.29 is 0 Å². The summed E-state index contributed by atoms with van der Waals surface area (Å²) in [5.41, 5.74) is 5.71. The Balaban J connectivity index is 1.78. The van der Waals surface area contributed by atoms with Crippen molar-refractivity contribution in [2.45, 2.75) is 39.8 Å². The van der Waals surface area contributed by atoms with E-state index in [2.05, 4.69) is 66.4 Å². The molecule has 0 fully saturated rings. The minimum Gasteiger partial charge on any atom is -0.291 e. The molecule has 1 aromatic carbocycles. The van der Waals surface area contributed by atoms with Crippen LogP contribution in [-0.4, -0.2) is 21.4 Å². The summed E-state index contributed by atoms with van der Waals surface area (Å²) in [5, 5.41) is 0. The highest BCUT2D eigenvalue weighted by Crippen LogP contribution is 2.19. The van der Waals surface area contributed by atoms with Gasteiger partial charge in [-0.1, -0.05) is 49.4 Å². The zero-order valence-electron chi connectivity index (χ0n) is 15.9. The fourth-order valence-corrected chi connectivity index (χ4v) is 3.29. The van der Waals surface area contributed by atoms with E-state index in [9.17, 15) is 0 Å². The number of pyridine rings is 2. The fraction of sp³-hybridized carbons (Fsp3) is 0.304. The van der Waals surface area contributed by atoms with Crippen LogP contribution in [-0.2, 0) is 13.1 Å². The zero-order valence-corrected chi connectivity index (χ0v) is 15.9. The molecule has 3 aromatic rings. The zero-order chi connectivity index (χ0) is 18.4. The molecule has 0 radical (unpaired) electrons. The van der Waals surface area contributed by atoms with Gasteiger partial charge in [-0.05, 0) is 49.6 Å². The number of hydrogen-bond acceptors (Lipinski definition) is 3. The average molecular weight is 345 g/mol. The van der Waals surface area contributed by atoms with Crippen molar-refractivity contribution in [2.75, 3.05) is 6.54 Å². The standard InChI is InChI=1S/C23H27N3/c1-18(21-11-5-4-6-12-21)15-26(16-22-13-7-9-19(2)24-22)17-23-14-8-10-20(3)25-23/h4-14,18H,15-17H2,1-3H3. The van der Waals surface area contributed by atoms with Gasteiger partial charge in [0.2, 0.25) is 0 Å². The Kier molecular flexibility index (Phi) is 6.13. The van der Waals surface area contributed by atoms with E-state index < -0.39 is 0 Å². The van der Waals surface area contributed by atoms with Crippen molar-refractivity contribution in [1.29, 1.82) is 0 Å². The summed E-state index contributed by atoms with van der Waals surface area (Å²) in [6, 6.07) is 23.2. The van der Waals surface area contributed by atoms with E-state index in [1.54, 1.807) is 0 Å². The molecule has 0 bridgehead atoms. The second-order valence-electron chi connectivity index (χ2n) is 7.02. The quantitative estimate of drug-likeness (QED) is 0.610. The molecule has 134 valence electrons. The first-order valence-electron chi connectivity index (χ1n) is 9.22. The number of nitrogens with zero attached hydrogens (tertiary/aromatic N) is 3. The number of benzene rings is 1. The summed E-state index contributed by atoms with van der Waals surface area (Å²) in [6.45, 7) is 9.00. The lowest BCUT2D eigenvalue weighted by molar-refractivity contribution is 0.238. The van der Waals surface area contributed by atoms with Crippen LogP contribution < -0.4 is 0 Å². The molecule has 0 spiro atoms. The molecule has 1 unspecified atom stereocenters. The second kappa shape index (κ2) is 8.72. The third-order valence-corrected chi connectivity index (χ3v) is 4.56. The van der Waals surface area contributed by atoms with Gasteiger partial charge in [-0.15, -0.1) is 0 Å². The molecule has 0 N–H and O–H groups in total. The predicted molar refractivity (Wildman–Crippen MR) is 107 cm³/mol. The summed E-state index contributed by atoms with van der Waals surface area (Å²) in [5.74, 6) is 0.450. The van der Waals surface area contributed by atoms with Crippen LogP contribution in [0, 0.1) is 13.8 Å². The Labute approximate surface area is 156 Å². The summed E-state index contributed by atoms with van der Waals surface area (Å²) in [4.78, 5) is 11.8. The number of rotatable bonds is 7. The molecule has 3 heteroatoms. The van der Waals surface area contributed by atoms with Gasteiger partial charge in [-0.3, -0.25) is 14.9 Å². The monoisotopic (exact) mass is 345 g/mol.